The summed E-state index contributed by atoms with van der Waals surface area (Å²) in [6.07, 6.45) is 3.84. The van der Waals surface area contributed by atoms with Crippen molar-refractivity contribution in [1.29, 1.82) is 0 Å². The van der Waals surface area contributed by atoms with Gasteiger partial charge >= 0.3 is 0 Å². The average Bonchev–Trinajstić information content (AvgIpc) is 3.09. The standard InChI is InChI=1S/C17H22N4O3S/c1-24-11-16(22)18-8-7-13-4-2-3-9-21(13)17(23)12-5-6-14-15(10-12)20-25-19-14/h5-6,10,13H,2-4,7-9,11H2,1H3,(H,18,22). The Labute approximate surface area is 150 Å². The fourth-order valence-electron chi connectivity index (χ4n) is 3.21. The van der Waals surface area contributed by atoms with Crippen molar-refractivity contribution < 1.29 is 14.3 Å². The zero-order valence-electron chi connectivity index (χ0n) is 14.2. The van der Waals surface area contributed by atoms with Crippen LogP contribution in [0.15, 0.2) is 18.2 Å². The van der Waals surface area contributed by atoms with Gasteiger partial charge in [0.15, 0.2) is 0 Å². The van der Waals surface area contributed by atoms with E-state index >= 15 is 0 Å². The number of piperidine rings is 1. The highest BCUT2D eigenvalue weighted by Gasteiger charge is 2.27. The molecule has 7 nitrogen and oxygen atoms in total. The molecule has 2 aromatic rings. The average molecular weight is 362 g/mol. The number of ether oxygens (including phenoxy) is 1. The molecule has 1 aromatic carbocycles. The van der Waals surface area contributed by atoms with Crippen molar-refractivity contribution in [3.8, 4) is 0 Å². The van der Waals surface area contributed by atoms with E-state index in [9.17, 15) is 9.59 Å². The molecule has 1 saturated heterocycles. The Bertz CT molecular complexity index is 748. The second kappa shape index (κ2) is 8.35. The molecule has 8 heteroatoms. The lowest BCUT2D eigenvalue weighted by molar-refractivity contribution is -0.124. The molecule has 0 spiro atoms. The van der Waals surface area contributed by atoms with Gasteiger partial charge in [-0.1, -0.05) is 0 Å². The monoisotopic (exact) mass is 362 g/mol. The van der Waals surface area contributed by atoms with E-state index in [0.29, 0.717) is 12.1 Å². The maximum Gasteiger partial charge on any atom is 0.254 e. The number of fused-ring (bicyclic) bond motifs is 1. The third kappa shape index (κ3) is 4.32. The van der Waals surface area contributed by atoms with Crippen LogP contribution in [0.2, 0.25) is 0 Å². The van der Waals surface area contributed by atoms with Gasteiger partial charge in [-0.15, -0.1) is 0 Å². The molecule has 1 unspecified atom stereocenters. The Morgan fingerprint density at radius 2 is 2.16 bits per heavy atom. The SMILES string of the molecule is COCC(=O)NCCC1CCCCN1C(=O)c1ccc2nsnc2c1. The number of methoxy groups -OCH3 is 1. The lowest BCUT2D eigenvalue weighted by Crippen LogP contribution is -2.45. The minimum atomic E-state index is -0.127. The van der Waals surface area contributed by atoms with Gasteiger partial charge in [-0.05, 0) is 43.9 Å². The van der Waals surface area contributed by atoms with E-state index in [4.69, 9.17) is 4.74 Å². The highest BCUT2D eigenvalue weighted by Crippen LogP contribution is 2.23. The number of aromatic nitrogens is 2. The number of carbonyl (C=O) groups is 2. The molecule has 1 aliphatic heterocycles. The Hall–Kier alpha value is -2.06. The van der Waals surface area contributed by atoms with Gasteiger partial charge < -0.3 is 15.0 Å². The number of amides is 2. The topological polar surface area (TPSA) is 84.4 Å². The van der Waals surface area contributed by atoms with Crippen LogP contribution < -0.4 is 5.32 Å². The molecule has 25 heavy (non-hydrogen) atoms. The number of likely N-dealkylation sites (tertiary alicyclic amines) is 1. The van der Waals surface area contributed by atoms with Gasteiger partial charge in [-0.2, -0.15) is 8.75 Å². The summed E-state index contributed by atoms with van der Waals surface area (Å²) in [5, 5.41) is 2.83. The largest absolute Gasteiger partial charge is 0.375 e. The maximum absolute atomic E-state index is 12.9. The van der Waals surface area contributed by atoms with Gasteiger partial charge in [0.2, 0.25) is 5.91 Å². The Kier molecular flexibility index (Phi) is 5.93. The van der Waals surface area contributed by atoms with Crippen molar-refractivity contribution in [3.63, 3.8) is 0 Å². The fraction of sp³-hybridized carbons (Fsp3) is 0.529. The number of nitrogens with zero attached hydrogens (tertiary/aromatic N) is 3. The summed E-state index contributed by atoms with van der Waals surface area (Å²) in [7, 11) is 1.50. The number of rotatable bonds is 6. The van der Waals surface area contributed by atoms with Crippen LogP contribution in [0.4, 0.5) is 0 Å². The predicted molar refractivity (Wildman–Crippen MR) is 95.6 cm³/mol. The lowest BCUT2D eigenvalue weighted by atomic mass is 9.98. The first kappa shape index (κ1) is 17.8. The summed E-state index contributed by atoms with van der Waals surface area (Å²) >= 11 is 1.15. The molecule has 1 fully saturated rings. The van der Waals surface area contributed by atoms with E-state index in [2.05, 4.69) is 14.1 Å². The summed E-state index contributed by atoms with van der Waals surface area (Å²) < 4.78 is 13.2. The van der Waals surface area contributed by atoms with Crippen molar-refractivity contribution in [2.75, 3.05) is 26.8 Å². The molecular weight excluding hydrogens is 340 g/mol. The van der Waals surface area contributed by atoms with E-state index in [-0.39, 0.29) is 24.5 Å². The van der Waals surface area contributed by atoms with Crippen LogP contribution in [0, 0.1) is 0 Å². The molecule has 2 amide bonds. The number of benzene rings is 1. The normalized spacial score (nSPS) is 17.6. The zero-order valence-corrected chi connectivity index (χ0v) is 15.1. The van der Waals surface area contributed by atoms with E-state index in [1.807, 2.05) is 23.1 Å². The molecule has 3 rings (SSSR count). The maximum atomic E-state index is 12.9. The molecule has 1 atom stereocenters. The van der Waals surface area contributed by atoms with Gasteiger partial charge in [0, 0.05) is 31.8 Å². The summed E-state index contributed by atoms with van der Waals surface area (Å²) in [4.78, 5) is 26.4. The Morgan fingerprint density at radius 3 is 3.00 bits per heavy atom. The quantitative estimate of drug-likeness (QED) is 0.848. The van der Waals surface area contributed by atoms with Crippen molar-refractivity contribution in [2.24, 2.45) is 0 Å². The minimum absolute atomic E-state index is 0.0304. The second-order valence-electron chi connectivity index (χ2n) is 6.19. The number of nitrogens with one attached hydrogen (secondary N) is 1. The Balaban J connectivity index is 1.65. The zero-order chi connectivity index (χ0) is 17.6. The van der Waals surface area contributed by atoms with Crippen LogP contribution in [0.3, 0.4) is 0 Å². The van der Waals surface area contributed by atoms with Crippen molar-refractivity contribution in [1.82, 2.24) is 19.0 Å². The molecule has 0 aliphatic carbocycles. The van der Waals surface area contributed by atoms with Gasteiger partial charge in [0.05, 0.1) is 11.7 Å². The number of hydrogen-bond acceptors (Lipinski definition) is 6. The molecular formula is C17H22N4O3S. The molecule has 0 saturated carbocycles. The third-order valence-corrected chi connectivity index (χ3v) is 5.02. The number of hydrogen-bond donors (Lipinski definition) is 1. The summed E-state index contributed by atoms with van der Waals surface area (Å²) in [5.74, 6) is -0.0968. The fourth-order valence-corrected chi connectivity index (χ4v) is 3.73. The predicted octanol–water partition coefficient (Wildman–Crippen LogP) is 1.84. The van der Waals surface area contributed by atoms with Crippen LogP contribution in [0.5, 0.6) is 0 Å². The molecule has 1 aromatic heterocycles. The first-order chi connectivity index (χ1) is 12.2. The van der Waals surface area contributed by atoms with Crippen molar-refractivity contribution >= 4 is 34.6 Å². The summed E-state index contributed by atoms with van der Waals surface area (Å²) in [5.41, 5.74) is 2.23. The van der Waals surface area contributed by atoms with Crippen LogP contribution in [-0.2, 0) is 9.53 Å². The smallest absolute Gasteiger partial charge is 0.254 e. The van der Waals surface area contributed by atoms with Gasteiger partial charge in [-0.3, -0.25) is 9.59 Å². The second-order valence-corrected chi connectivity index (χ2v) is 6.72. The highest BCUT2D eigenvalue weighted by atomic mass is 32.1. The van der Waals surface area contributed by atoms with Gasteiger partial charge in [-0.25, -0.2) is 0 Å². The Morgan fingerprint density at radius 1 is 1.32 bits per heavy atom. The molecule has 0 radical (unpaired) electrons. The number of carbonyl (C=O) groups excluding carboxylic acids is 2. The summed E-state index contributed by atoms with van der Waals surface area (Å²) in [6, 6.07) is 5.62. The molecule has 0 bridgehead atoms. The van der Waals surface area contributed by atoms with Crippen LogP contribution >= 0.6 is 11.7 Å². The highest BCUT2D eigenvalue weighted by molar-refractivity contribution is 7.00. The van der Waals surface area contributed by atoms with E-state index in [1.54, 1.807) is 0 Å². The minimum Gasteiger partial charge on any atom is -0.375 e. The van der Waals surface area contributed by atoms with E-state index < -0.39 is 0 Å². The van der Waals surface area contributed by atoms with Gasteiger partial charge in [0.1, 0.15) is 17.6 Å². The van der Waals surface area contributed by atoms with Gasteiger partial charge in [0.25, 0.3) is 5.91 Å². The van der Waals surface area contributed by atoms with E-state index in [0.717, 1.165) is 55.0 Å². The van der Waals surface area contributed by atoms with Crippen molar-refractivity contribution in [3.05, 3.63) is 23.8 Å². The van der Waals surface area contributed by atoms with Crippen molar-refractivity contribution in [2.45, 2.75) is 31.7 Å². The third-order valence-electron chi connectivity index (χ3n) is 4.46. The molecule has 1 N–H and O–H groups in total. The van der Waals surface area contributed by atoms with E-state index in [1.165, 1.54) is 7.11 Å². The van der Waals surface area contributed by atoms with Crippen LogP contribution in [0.1, 0.15) is 36.0 Å². The molecule has 1 aliphatic rings. The summed E-state index contributed by atoms with van der Waals surface area (Å²) in [6.45, 7) is 1.36. The first-order valence-corrected chi connectivity index (χ1v) is 9.21. The molecule has 134 valence electrons. The van der Waals surface area contributed by atoms with Crippen LogP contribution in [0.25, 0.3) is 11.0 Å². The molecule has 2 heterocycles. The first-order valence-electron chi connectivity index (χ1n) is 8.48. The lowest BCUT2D eigenvalue weighted by Gasteiger charge is -2.36. The van der Waals surface area contributed by atoms with Crippen LogP contribution in [-0.4, -0.2) is 58.3 Å².